The molecule has 37 heavy (non-hydrogen) atoms. The quantitative estimate of drug-likeness (QED) is 0.323. The van der Waals surface area contributed by atoms with Crippen LogP contribution in [0.15, 0.2) is 61.2 Å². The van der Waals surface area contributed by atoms with Gasteiger partial charge in [0.05, 0.1) is 7.11 Å². The standard InChI is InChI=1S/C28H30N6O3/c1-34(2)11-5-8-25(35)33-24-13-20(16-32-28(24)37-21-6-4-7-21)19-12-22-23(17-31-27(22)30-15-19)18-9-10-29-26(14-18)36-3/h5,8-10,12-17,21H,4,6-7,11H2,1-3H3,(H,30,31)(H,33,35)/b8-5+. The molecule has 1 aliphatic carbocycles. The Kier molecular flexibility index (Phi) is 7.14. The van der Waals surface area contributed by atoms with E-state index in [0.717, 1.165) is 52.5 Å². The minimum atomic E-state index is -0.229. The zero-order chi connectivity index (χ0) is 25.8. The summed E-state index contributed by atoms with van der Waals surface area (Å²) in [5.74, 6) is 0.748. The van der Waals surface area contributed by atoms with E-state index in [2.05, 4.69) is 31.3 Å². The fraction of sp³-hybridized carbons (Fsp3) is 0.286. The van der Waals surface area contributed by atoms with Crippen molar-refractivity contribution in [2.75, 3.05) is 33.1 Å². The zero-order valence-corrected chi connectivity index (χ0v) is 21.2. The van der Waals surface area contributed by atoms with Crippen LogP contribution in [0.25, 0.3) is 33.3 Å². The molecule has 9 nitrogen and oxygen atoms in total. The molecule has 4 aromatic heterocycles. The molecule has 2 N–H and O–H groups in total. The number of ether oxygens (including phenoxy) is 2. The lowest BCUT2D eigenvalue weighted by atomic mass is 9.96. The summed E-state index contributed by atoms with van der Waals surface area (Å²) >= 11 is 0. The van der Waals surface area contributed by atoms with Crippen LogP contribution in [-0.2, 0) is 4.79 Å². The molecule has 0 aliphatic heterocycles. The minimum Gasteiger partial charge on any atom is -0.481 e. The van der Waals surface area contributed by atoms with Gasteiger partial charge in [-0.1, -0.05) is 6.08 Å². The van der Waals surface area contributed by atoms with Crippen molar-refractivity contribution in [3.05, 3.63) is 61.2 Å². The molecule has 4 heterocycles. The van der Waals surface area contributed by atoms with Crippen LogP contribution in [0, 0.1) is 0 Å². The van der Waals surface area contributed by atoms with Gasteiger partial charge >= 0.3 is 0 Å². The van der Waals surface area contributed by atoms with E-state index in [1.165, 1.54) is 6.08 Å². The maximum atomic E-state index is 12.6. The van der Waals surface area contributed by atoms with Gasteiger partial charge in [-0.2, -0.15) is 0 Å². The number of rotatable bonds is 9. The number of H-pyrrole nitrogens is 1. The smallest absolute Gasteiger partial charge is 0.248 e. The predicted molar refractivity (Wildman–Crippen MR) is 144 cm³/mol. The molecule has 4 aromatic rings. The SMILES string of the molecule is COc1cc(-c2c[nH]c3ncc(-c4cnc(OC5CCC5)c(NC(=O)/C=C/CN(C)C)c4)cc23)ccn1. The highest BCUT2D eigenvalue weighted by Gasteiger charge is 2.22. The summed E-state index contributed by atoms with van der Waals surface area (Å²) in [6.45, 7) is 0.672. The third kappa shape index (κ3) is 5.62. The summed E-state index contributed by atoms with van der Waals surface area (Å²) in [4.78, 5) is 31.2. The average molecular weight is 499 g/mol. The van der Waals surface area contributed by atoms with Gasteiger partial charge in [0, 0.05) is 65.6 Å². The van der Waals surface area contributed by atoms with E-state index < -0.39 is 0 Å². The van der Waals surface area contributed by atoms with Crippen LogP contribution in [0.4, 0.5) is 5.69 Å². The molecule has 190 valence electrons. The number of hydrogen-bond acceptors (Lipinski definition) is 7. The van der Waals surface area contributed by atoms with Gasteiger partial charge in [-0.15, -0.1) is 0 Å². The van der Waals surface area contributed by atoms with Crippen LogP contribution >= 0.6 is 0 Å². The van der Waals surface area contributed by atoms with Crippen molar-refractivity contribution in [3.63, 3.8) is 0 Å². The number of methoxy groups -OCH3 is 1. The van der Waals surface area contributed by atoms with Crippen molar-refractivity contribution in [3.8, 4) is 34.0 Å². The van der Waals surface area contributed by atoms with Crippen molar-refractivity contribution in [1.82, 2.24) is 24.8 Å². The van der Waals surface area contributed by atoms with E-state index in [1.54, 1.807) is 25.7 Å². The second-order valence-electron chi connectivity index (χ2n) is 9.31. The number of fused-ring (bicyclic) bond motifs is 1. The van der Waals surface area contributed by atoms with Gasteiger partial charge in [0.15, 0.2) is 0 Å². The van der Waals surface area contributed by atoms with Gasteiger partial charge in [0.1, 0.15) is 17.4 Å². The summed E-state index contributed by atoms with van der Waals surface area (Å²) in [6.07, 6.45) is 13.8. The number of aromatic amines is 1. The highest BCUT2D eigenvalue weighted by molar-refractivity contribution is 6.01. The van der Waals surface area contributed by atoms with Crippen LogP contribution in [0.2, 0.25) is 0 Å². The Labute approximate surface area is 215 Å². The molecule has 0 radical (unpaired) electrons. The van der Waals surface area contributed by atoms with Crippen LogP contribution in [0.3, 0.4) is 0 Å². The second kappa shape index (κ2) is 10.8. The highest BCUT2D eigenvalue weighted by Crippen LogP contribution is 2.35. The number of nitrogens with one attached hydrogen (secondary N) is 2. The lowest BCUT2D eigenvalue weighted by Gasteiger charge is -2.26. The fourth-order valence-corrected chi connectivity index (χ4v) is 4.07. The van der Waals surface area contributed by atoms with Crippen molar-refractivity contribution in [2.45, 2.75) is 25.4 Å². The Bertz CT molecular complexity index is 1440. The molecule has 0 spiro atoms. The second-order valence-corrected chi connectivity index (χ2v) is 9.31. The van der Waals surface area contributed by atoms with Crippen molar-refractivity contribution >= 4 is 22.6 Å². The summed E-state index contributed by atoms with van der Waals surface area (Å²) in [5.41, 5.74) is 4.96. The molecule has 1 fully saturated rings. The summed E-state index contributed by atoms with van der Waals surface area (Å²) in [6, 6.07) is 7.78. The van der Waals surface area contributed by atoms with Crippen LogP contribution in [-0.4, -0.2) is 64.6 Å². The minimum absolute atomic E-state index is 0.135. The van der Waals surface area contributed by atoms with Crippen LogP contribution in [0.1, 0.15) is 19.3 Å². The number of carbonyl (C=O) groups excluding carboxylic acids is 1. The Balaban J connectivity index is 1.48. The van der Waals surface area contributed by atoms with Gasteiger partial charge in [0.2, 0.25) is 17.7 Å². The summed E-state index contributed by atoms with van der Waals surface area (Å²) in [7, 11) is 5.50. The topological polar surface area (TPSA) is 105 Å². The first kappa shape index (κ1) is 24.5. The maximum Gasteiger partial charge on any atom is 0.248 e. The Morgan fingerprint density at radius 3 is 2.70 bits per heavy atom. The van der Waals surface area contributed by atoms with Gasteiger partial charge in [0.25, 0.3) is 0 Å². The van der Waals surface area contributed by atoms with Crippen molar-refractivity contribution < 1.29 is 14.3 Å². The Morgan fingerprint density at radius 2 is 1.95 bits per heavy atom. The Hall–Kier alpha value is -4.24. The number of carbonyl (C=O) groups is 1. The third-order valence-corrected chi connectivity index (χ3v) is 6.30. The molecule has 0 aromatic carbocycles. The van der Waals surface area contributed by atoms with Crippen molar-refractivity contribution in [2.24, 2.45) is 0 Å². The number of pyridine rings is 3. The van der Waals surface area contributed by atoms with Crippen LogP contribution < -0.4 is 14.8 Å². The predicted octanol–water partition coefficient (Wildman–Crippen LogP) is 4.68. The molecule has 5 rings (SSSR count). The first-order valence-electron chi connectivity index (χ1n) is 12.3. The van der Waals surface area contributed by atoms with E-state index in [1.807, 2.05) is 49.5 Å². The molecular weight excluding hydrogens is 468 g/mol. The van der Waals surface area contributed by atoms with E-state index in [4.69, 9.17) is 9.47 Å². The van der Waals surface area contributed by atoms with Gasteiger partial charge < -0.3 is 24.7 Å². The van der Waals surface area contributed by atoms with E-state index in [-0.39, 0.29) is 12.0 Å². The number of amides is 1. The average Bonchev–Trinajstić information content (AvgIpc) is 3.30. The molecule has 9 heteroatoms. The maximum absolute atomic E-state index is 12.6. The normalized spacial score (nSPS) is 13.7. The van der Waals surface area contributed by atoms with Crippen molar-refractivity contribution in [1.29, 1.82) is 0 Å². The molecule has 1 aliphatic rings. The van der Waals surface area contributed by atoms with Gasteiger partial charge in [-0.25, -0.2) is 15.0 Å². The van der Waals surface area contributed by atoms with Crippen LogP contribution in [0.5, 0.6) is 11.8 Å². The Morgan fingerprint density at radius 1 is 1.14 bits per heavy atom. The van der Waals surface area contributed by atoms with Gasteiger partial charge in [-0.05, 0) is 57.1 Å². The molecule has 1 saturated carbocycles. The first-order chi connectivity index (χ1) is 18.0. The molecular formula is C28H30N6O3. The number of hydrogen-bond donors (Lipinski definition) is 2. The molecule has 0 bridgehead atoms. The lowest BCUT2D eigenvalue weighted by Crippen LogP contribution is -2.25. The third-order valence-electron chi connectivity index (χ3n) is 6.30. The molecule has 0 unspecified atom stereocenters. The van der Waals surface area contributed by atoms with E-state index in [0.29, 0.717) is 24.0 Å². The zero-order valence-electron chi connectivity index (χ0n) is 21.2. The first-order valence-corrected chi connectivity index (χ1v) is 12.3. The largest absolute Gasteiger partial charge is 0.481 e. The lowest BCUT2D eigenvalue weighted by molar-refractivity contribution is -0.111. The number of nitrogens with zero attached hydrogens (tertiary/aromatic N) is 4. The fourth-order valence-electron chi connectivity index (χ4n) is 4.07. The molecule has 0 atom stereocenters. The van der Waals surface area contributed by atoms with Gasteiger partial charge in [-0.3, -0.25) is 4.79 Å². The monoisotopic (exact) mass is 498 g/mol. The number of anilines is 1. The molecule has 0 saturated heterocycles. The summed E-state index contributed by atoms with van der Waals surface area (Å²) in [5, 5.41) is 3.91. The summed E-state index contributed by atoms with van der Waals surface area (Å²) < 4.78 is 11.4. The van der Waals surface area contributed by atoms with E-state index in [9.17, 15) is 4.79 Å². The molecule has 1 amide bonds. The van der Waals surface area contributed by atoms with E-state index >= 15 is 0 Å². The highest BCUT2D eigenvalue weighted by atomic mass is 16.5. The number of likely N-dealkylation sites (N-methyl/N-ethyl adjacent to an activating group) is 1. The number of aromatic nitrogens is 4.